The number of aliphatic hydroxyl groups excluding tert-OH is 5. The van der Waals surface area contributed by atoms with Gasteiger partial charge in [-0.05, 0) is 12.8 Å². The quantitative estimate of drug-likeness (QED) is 0.0330. The maximum atomic E-state index is 13.2. The molecule has 0 spiro atoms. The minimum Gasteiger partial charge on any atom is -0.394 e. The van der Waals surface area contributed by atoms with Gasteiger partial charge in [0.1, 0.15) is 24.4 Å². The number of rotatable bonds is 74. The first-order chi connectivity index (χ1) is 43.8. The molecule has 0 bridgehead atoms. The molecule has 1 rings (SSSR count). The Morgan fingerprint density at radius 2 is 0.562 bits per heavy atom. The summed E-state index contributed by atoms with van der Waals surface area (Å²) in [5, 5.41) is 55.1. The number of aliphatic hydroxyl groups is 5. The second-order valence-electron chi connectivity index (χ2n) is 28.9. The number of amides is 1. The van der Waals surface area contributed by atoms with Crippen LogP contribution in [0.3, 0.4) is 0 Å². The molecule has 1 aliphatic heterocycles. The summed E-state index contributed by atoms with van der Waals surface area (Å²) in [5.74, 6) is -0.131. The SMILES string of the molecule is CCCCCCCCCCCCCCCCCCCCCCCCCCCCCCCCCCCCCC(=O)NC(COC1OC(CO)C(O)C(O)C1O)C(O)CCCCCCCCCCCCCCCCCCCCCCCCCCCCCCCCC. The molecular weight excluding hydrogens is 1100 g/mol. The molecule has 7 unspecified atom stereocenters. The highest BCUT2D eigenvalue weighted by atomic mass is 16.7. The molecule has 1 saturated heterocycles. The molecular formula is C80H159NO8. The summed E-state index contributed by atoms with van der Waals surface area (Å²) >= 11 is 0. The van der Waals surface area contributed by atoms with Crippen molar-refractivity contribution in [1.29, 1.82) is 0 Å². The zero-order valence-electron chi connectivity index (χ0n) is 60.0. The lowest BCUT2D eigenvalue weighted by atomic mass is 9.99. The van der Waals surface area contributed by atoms with Gasteiger partial charge in [0, 0.05) is 6.42 Å². The topological polar surface area (TPSA) is 149 Å². The second kappa shape index (κ2) is 70.0. The molecule has 0 aromatic heterocycles. The van der Waals surface area contributed by atoms with E-state index in [0.717, 1.165) is 38.5 Å². The van der Waals surface area contributed by atoms with Crippen molar-refractivity contribution < 1.29 is 39.8 Å². The molecule has 532 valence electrons. The van der Waals surface area contributed by atoms with Gasteiger partial charge in [0.25, 0.3) is 0 Å². The second-order valence-corrected chi connectivity index (χ2v) is 28.9. The van der Waals surface area contributed by atoms with Crippen LogP contribution in [0.5, 0.6) is 0 Å². The Hall–Kier alpha value is -0.810. The lowest BCUT2D eigenvalue weighted by Gasteiger charge is -2.40. The van der Waals surface area contributed by atoms with E-state index in [1.54, 1.807) is 0 Å². The third-order valence-electron chi connectivity index (χ3n) is 20.2. The van der Waals surface area contributed by atoms with Crippen molar-refractivity contribution in [2.75, 3.05) is 13.2 Å². The van der Waals surface area contributed by atoms with E-state index in [0.29, 0.717) is 12.8 Å². The zero-order chi connectivity index (χ0) is 64.2. The summed E-state index contributed by atoms with van der Waals surface area (Å²) in [6.45, 7) is 3.92. The first-order valence-electron chi connectivity index (χ1n) is 40.7. The highest BCUT2D eigenvalue weighted by Gasteiger charge is 2.44. The van der Waals surface area contributed by atoms with Gasteiger partial charge in [-0.3, -0.25) is 4.79 Å². The van der Waals surface area contributed by atoms with Crippen LogP contribution in [0.25, 0.3) is 0 Å². The highest BCUT2D eigenvalue weighted by molar-refractivity contribution is 5.76. The zero-order valence-corrected chi connectivity index (χ0v) is 60.0. The van der Waals surface area contributed by atoms with Crippen LogP contribution < -0.4 is 5.32 Å². The van der Waals surface area contributed by atoms with Gasteiger partial charge < -0.3 is 40.3 Å². The Morgan fingerprint density at radius 1 is 0.337 bits per heavy atom. The van der Waals surface area contributed by atoms with Crippen molar-refractivity contribution >= 4 is 5.91 Å². The molecule has 6 N–H and O–H groups in total. The van der Waals surface area contributed by atoms with Crippen LogP contribution in [0.15, 0.2) is 0 Å². The van der Waals surface area contributed by atoms with E-state index in [1.807, 2.05) is 0 Å². The van der Waals surface area contributed by atoms with Gasteiger partial charge in [-0.1, -0.05) is 431 Å². The van der Waals surface area contributed by atoms with Gasteiger partial charge in [0.2, 0.25) is 5.91 Å². The van der Waals surface area contributed by atoms with Crippen molar-refractivity contribution in [3.63, 3.8) is 0 Å². The Kier molecular flexibility index (Phi) is 67.8. The summed E-state index contributed by atoms with van der Waals surface area (Å²) in [5.41, 5.74) is 0. The largest absolute Gasteiger partial charge is 0.394 e. The van der Waals surface area contributed by atoms with Crippen molar-refractivity contribution in [2.24, 2.45) is 0 Å². The molecule has 0 saturated carbocycles. The van der Waals surface area contributed by atoms with E-state index in [9.17, 15) is 30.3 Å². The first kappa shape index (κ1) is 86.2. The average Bonchev–Trinajstić information content (AvgIpc) is 2.28. The van der Waals surface area contributed by atoms with Gasteiger partial charge in [0.15, 0.2) is 6.29 Å². The third-order valence-corrected chi connectivity index (χ3v) is 20.2. The van der Waals surface area contributed by atoms with Crippen LogP contribution in [-0.4, -0.2) is 87.5 Å². The van der Waals surface area contributed by atoms with Gasteiger partial charge in [-0.25, -0.2) is 0 Å². The Labute approximate surface area is 554 Å². The molecule has 89 heavy (non-hydrogen) atoms. The lowest BCUT2D eigenvalue weighted by molar-refractivity contribution is -0.302. The van der Waals surface area contributed by atoms with Crippen LogP contribution in [-0.2, 0) is 14.3 Å². The smallest absolute Gasteiger partial charge is 0.220 e. The van der Waals surface area contributed by atoms with Crippen LogP contribution in [0.4, 0.5) is 0 Å². The number of carbonyl (C=O) groups is 1. The van der Waals surface area contributed by atoms with Crippen LogP contribution in [0.2, 0.25) is 0 Å². The van der Waals surface area contributed by atoms with Gasteiger partial charge in [-0.15, -0.1) is 0 Å². The summed E-state index contributed by atoms with van der Waals surface area (Å²) < 4.78 is 11.4. The Bertz CT molecular complexity index is 1370. The monoisotopic (exact) mass is 1260 g/mol. The summed E-state index contributed by atoms with van der Waals surface area (Å²) in [6.07, 6.45) is 83.7. The fourth-order valence-electron chi connectivity index (χ4n) is 13.9. The van der Waals surface area contributed by atoms with Crippen molar-refractivity contribution in [1.82, 2.24) is 5.32 Å². The molecule has 0 radical (unpaired) electrons. The molecule has 1 amide bonds. The predicted octanol–water partition coefficient (Wildman–Crippen LogP) is 23.2. The molecule has 9 heteroatoms. The third kappa shape index (κ3) is 58.3. The van der Waals surface area contributed by atoms with Gasteiger partial charge in [0.05, 0.1) is 25.4 Å². The number of unbranched alkanes of at least 4 members (excludes halogenated alkanes) is 64. The molecule has 7 atom stereocenters. The summed E-state index contributed by atoms with van der Waals surface area (Å²) in [7, 11) is 0. The number of ether oxygens (including phenoxy) is 2. The maximum Gasteiger partial charge on any atom is 0.220 e. The first-order valence-corrected chi connectivity index (χ1v) is 40.7. The molecule has 0 aliphatic carbocycles. The maximum absolute atomic E-state index is 13.2. The van der Waals surface area contributed by atoms with E-state index in [1.165, 1.54) is 385 Å². The average molecular weight is 1260 g/mol. The standard InChI is InChI=1S/C80H159NO8/c1-3-5-7-9-11-13-15-17-19-21-23-25-27-29-31-33-35-36-37-38-40-42-44-46-48-50-52-54-56-58-60-62-64-66-68-70-76(84)81-73(72-88-80-79(87)78(86)77(85)75(71-82)89-80)74(83)69-67-65-63-61-59-57-55-53-51-49-47-45-43-41-39-34-32-30-28-26-24-22-20-18-16-14-12-10-8-6-4-2/h73-75,77-80,82-83,85-87H,3-72H2,1-2H3,(H,81,84). The Morgan fingerprint density at radius 3 is 0.798 bits per heavy atom. The van der Waals surface area contributed by atoms with E-state index < -0.39 is 49.5 Å². The molecule has 1 fully saturated rings. The predicted molar refractivity (Wildman–Crippen MR) is 383 cm³/mol. The van der Waals surface area contributed by atoms with Gasteiger partial charge in [-0.2, -0.15) is 0 Å². The van der Waals surface area contributed by atoms with Crippen molar-refractivity contribution in [3.05, 3.63) is 0 Å². The Balaban J connectivity index is 2.03. The molecule has 9 nitrogen and oxygen atoms in total. The lowest BCUT2D eigenvalue weighted by Crippen LogP contribution is -2.60. The summed E-state index contributed by atoms with van der Waals surface area (Å²) in [6, 6.07) is -0.716. The van der Waals surface area contributed by atoms with E-state index in [2.05, 4.69) is 19.2 Å². The molecule has 1 aliphatic rings. The molecule has 0 aromatic carbocycles. The van der Waals surface area contributed by atoms with Crippen molar-refractivity contribution in [3.8, 4) is 0 Å². The minimum absolute atomic E-state index is 0.130. The van der Waals surface area contributed by atoms with Crippen LogP contribution in [0.1, 0.15) is 450 Å². The summed E-state index contributed by atoms with van der Waals surface area (Å²) in [4.78, 5) is 13.2. The van der Waals surface area contributed by atoms with Gasteiger partial charge >= 0.3 is 0 Å². The fraction of sp³-hybridized carbons (Fsp3) is 0.988. The van der Waals surface area contributed by atoms with Crippen molar-refractivity contribution in [2.45, 2.75) is 493 Å². The minimum atomic E-state index is -1.55. The number of hydrogen-bond donors (Lipinski definition) is 6. The fourth-order valence-corrected chi connectivity index (χ4v) is 13.9. The highest BCUT2D eigenvalue weighted by Crippen LogP contribution is 2.25. The van der Waals surface area contributed by atoms with E-state index in [4.69, 9.17) is 9.47 Å². The number of hydrogen-bond acceptors (Lipinski definition) is 8. The van der Waals surface area contributed by atoms with Crippen LogP contribution >= 0.6 is 0 Å². The molecule has 0 aromatic rings. The van der Waals surface area contributed by atoms with Crippen LogP contribution in [0, 0.1) is 0 Å². The number of carbonyl (C=O) groups excluding carboxylic acids is 1. The van der Waals surface area contributed by atoms with E-state index >= 15 is 0 Å². The van der Waals surface area contributed by atoms with E-state index in [-0.39, 0.29) is 12.5 Å². The number of nitrogens with one attached hydrogen (secondary N) is 1. The molecule has 1 heterocycles. The normalized spacial score (nSPS) is 17.7.